The number of rotatable bonds is 3. The van der Waals surface area contributed by atoms with Crippen LogP contribution in [0.3, 0.4) is 0 Å². The molecule has 1 aromatic rings. The highest BCUT2D eigenvalue weighted by molar-refractivity contribution is 9.10. The highest BCUT2D eigenvalue weighted by Crippen LogP contribution is 2.30. The van der Waals surface area contributed by atoms with Crippen LogP contribution in [0.15, 0.2) is 22.7 Å². The zero-order chi connectivity index (χ0) is 10.8. The second-order valence-corrected chi connectivity index (χ2v) is 4.45. The Kier molecular flexibility index (Phi) is 2.95. The highest BCUT2D eigenvalue weighted by Gasteiger charge is 2.25. The molecule has 1 amide bonds. The molecule has 1 aliphatic carbocycles. The Balaban J connectivity index is 2.29. The summed E-state index contributed by atoms with van der Waals surface area (Å²) in [7, 11) is 1.62. The maximum absolute atomic E-state index is 11.6. The predicted octanol–water partition coefficient (Wildman–Crippen LogP) is 2.35. The van der Waals surface area contributed by atoms with Crippen LogP contribution >= 0.6 is 15.9 Å². The van der Waals surface area contributed by atoms with E-state index in [1.807, 2.05) is 12.1 Å². The first-order chi connectivity index (χ1) is 7.20. The molecule has 4 heteroatoms. The molecule has 0 radical (unpaired) electrons. The lowest BCUT2D eigenvalue weighted by atomic mass is 10.2. The van der Waals surface area contributed by atoms with Crippen molar-refractivity contribution in [3.63, 3.8) is 0 Å². The fourth-order valence-electron chi connectivity index (χ4n) is 1.28. The van der Waals surface area contributed by atoms with Gasteiger partial charge in [-0.3, -0.25) is 4.79 Å². The van der Waals surface area contributed by atoms with Crippen molar-refractivity contribution >= 4 is 21.8 Å². The number of carbonyl (C=O) groups excluding carboxylic acids is 1. The van der Waals surface area contributed by atoms with Gasteiger partial charge in [-0.25, -0.2) is 0 Å². The van der Waals surface area contributed by atoms with Gasteiger partial charge in [0, 0.05) is 11.5 Å². The third-order valence-electron chi connectivity index (χ3n) is 2.23. The van der Waals surface area contributed by atoms with E-state index >= 15 is 0 Å². The lowest BCUT2D eigenvalue weighted by molar-refractivity contribution is 0.0958. The summed E-state index contributed by atoms with van der Waals surface area (Å²) < 4.78 is 6.53. The number of benzene rings is 1. The van der Waals surface area contributed by atoms with Gasteiger partial charge < -0.3 is 10.1 Å². The van der Waals surface area contributed by atoms with Gasteiger partial charge in [0.2, 0.25) is 0 Å². The van der Waals surface area contributed by atoms with E-state index in [2.05, 4.69) is 21.2 Å². The first kappa shape index (κ1) is 10.5. The number of hydrogen-bond donors (Lipinski definition) is 1. The van der Waals surface area contributed by atoms with Crippen molar-refractivity contribution in [3.05, 3.63) is 28.2 Å². The lowest BCUT2D eigenvalue weighted by Crippen LogP contribution is -2.19. The quantitative estimate of drug-likeness (QED) is 0.915. The molecule has 1 aliphatic rings. The van der Waals surface area contributed by atoms with Gasteiger partial charge >= 0.3 is 0 Å². The molecule has 0 saturated heterocycles. The van der Waals surface area contributed by atoms with Crippen molar-refractivity contribution in [3.8, 4) is 5.75 Å². The number of ether oxygens (including phenoxy) is 1. The monoisotopic (exact) mass is 269 g/mol. The summed E-state index contributed by atoms with van der Waals surface area (Å²) in [6.45, 7) is 0. The number of amides is 1. The normalized spacial score (nSPS) is 14.8. The average Bonchev–Trinajstić information content (AvgIpc) is 3.03. The van der Waals surface area contributed by atoms with Gasteiger partial charge in [-0.1, -0.05) is 15.9 Å². The van der Waals surface area contributed by atoms with Crippen molar-refractivity contribution in [1.29, 1.82) is 0 Å². The molecule has 0 aliphatic heterocycles. The predicted molar refractivity (Wildman–Crippen MR) is 61.2 cm³/mol. The SMILES string of the molecule is CNC(=O)c1cc(Br)ccc1OC1CC1. The fourth-order valence-corrected chi connectivity index (χ4v) is 1.64. The van der Waals surface area contributed by atoms with Gasteiger partial charge in [0.15, 0.2) is 0 Å². The molecule has 1 N–H and O–H groups in total. The summed E-state index contributed by atoms with van der Waals surface area (Å²) in [5.41, 5.74) is 0.582. The minimum atomic E-state index is -0.119. The Bertz CT molecular complexity index is 388. The molecule has 15 heavy (non-hydrogen) atoms. The average molecular weight is 270 g/mol. The van der Waals surface area contributed by atoms with Crippen molar-refractivity contribution in [2.75, 3.05) is 7.05 Å². The van der Waals surface area contributed by atoms with E-state index in [9.17, 15) is 4.79 Å². The Morgan fingerprint density at radius 3 is 2.87 bits per heavy atom. The highest BCUT2D eigenvalue weighted by atomic mass is 79.9. The van der Waals surface area contributed by atoms with Gasteiger partial charge in [0.1, 0.15) is 5.75 Å². The molecule has 0 atom stereocenters. The summed E-state index contributed by atoms with van der Waals surface area (Å²) in [5, 5.41) is 2.60. The Labute approximate surface area is 96.9 Å². The third-order valence-corrected chi connectivity index (χ3v) is 2.72. The number of nitrogens with one attached hydrogen (secondary N) is 1. The van der Waals surface area contributed by atoms with Crippen LogP contribution < -0.4 is 10.1 Å². The Morgan fingerprint density at radius 1 is 1.53 bits per heavy atom. The van der Waals surface area contributed by atoms with Crippen LogP contribution in [-0.4, -0.2) is 19.1 Å². The van der Waals surface area contributed by atoms with Crippen LogP contribution in [0.2, 0.25) is 0 Å². The summed E-state index contributed by atoms with van der Waals surface area (Å²) >= 11 is 3.34. The molecule has 0 spiro atoms. The van der Waals surface area contributed by atoms with E-state index in [4.69, 9.17) is 4.74 Å². The van der Waals surface area contributed by atoms with Crippen LogP contribution in [0.5, 0.6) is 5.75 Å². The molecule has 1 saturated carbocycles. The van der Waals surface area contributed by atoms with Crippen molar-refractivity contribution in [2.45, 2.75) is 18.9 Å². The van der Waals surface area contributed by atoms with Gasteiger partial charge in [-0.2, -0.15) is 0 Å². The number of hydrogen-bond acceptors (Lipinski definition) is 2. The first-order valence-electron chi connectivity index (χ1n) is 4.89. The number of carbonyl (C=O) groups is 1. The second-order valence-electron chi connectivity index (χ2n) is 3.54. The molecule has 1 aromatic carbocycles. The second kappa shape index (κ2) is 4.23. The van der Waals surface area contributed by atoms with Gasteiger partial charge in [-0.05, 0) is 31.0 Å². The standard InChI is InChI=1S/C11H12BrNO2/c1-13-11(14)9-6-7(12)2-5-10(9)15-8-3-4-8/h2,5-6,8H,3-4H2,1H3,(H,13,14). The Morgan fingerprint density at radius 2 is 2.27 bits per heavy atom. The van der Waals surface area contributed by atoms with Crippen molar-refractivity contribution < 1.29 is 9.53 Å². The molecule has 3 nitrogen and oxygen atoms in total. The zero-order valence-electron chi connectivity index (χ0n) is 8.42. The summed E-state index contributed by atoms with van der Waals surface area (Å²) in [6.07, 6.45) is 2.47. The number of halogens is 1. The molecule has 80 valence electrons. The van der Waals surface area contributed by atoms with Crippen LogP contribution in [0.4, 0.5) is 0 Å². The summed E-state index contributed by atoms with van der Waals surface area (Å²) in [5.74, 6) is 0.548. The van der Waals surface area contributed by atoms with E-state index in [-0.39, 0.29) is 5.91 Å². The first-order valence-corrected chi connectivity index (χ1v) is 5.68. The smallest absolute Gasteiger partial charge is 0.254 e. The van der Waals surface area contributed by atoms with Crippen LogP contribution in [-0.2, 0) is 0 Å². The van der Waals surface area contributed by atoms with E-state index in [1.54, 1.807) is 13.1 Å². The van der Waals surface area contributed by atoms with Crippen LogP contribution in [0.25, 0.3) is 0 Å². The minimum absolute atomic E-state index is 0.119. The largest absolute Gasteiger partial charge is 0.490 e. The summed E-state index contributed by atoms with van der Waals surface area (Å²) in [4.78, 5) is 11.6. The molecule has 0 aromatic heterocycles. The molecule has 1 fully saturated rings. The van der Waals surface area contributed by atoms with Crippen LogP contribution in [0.1, 0.15) is 23.2 Å². The fraction of sp³-hybridized carbons (Fsp3) is 0.364. The molecule has 0 bridgehead atoms. The maximum atomic E-state index is 11.6. The summed E-state index contributed by atoms with van der Waals surface area (Å²) in [6, 6.07) is 5.48. The van der Waals surface area contributed by atoms with Crippen molar-refractivity contribution in [1.82, 2.24) is 5.32 Å². The molecular formula is C11H12BrNO2. The minimum Gasteiger partial charge on any atom is -0.490 e. The van der Waals surface area contributed by atoms with Crippen molar-refractivity contribution in [2.24, 2.45) is 0 Å². The Hall–Kier alpha value is -1.03. The molecule has 2 rings (SSSR count). The van der Waals surface area contributed by atoms with E-state index in [0.717, 1.165) is 17.3 Å². The van der Waals surface area contributed by atoms with Gasteiger partial charge in [-0.15, -0.1) is 0 Å². The van der Waals surface area contributed by atoms with Gasteiger partial charge in [0.05, 0.1) is 11.7 Å². The third kappa shape index (κ3) is 2.50. The van der Waals surface area contributed by atoms with E-state index in [1.165, 1.54) is 0 Å². The van der Waals surface area contributed by atoms with Crippen LogP contribution in [0, 0.1) is 0 Å². The lowest BCUT2D eigenvalue weighted by Gasteiger charge is -2.10. The van der Waals surface area contributed by atoms with E-state index < -0.39 is 0 Å². The topological polar surface area (TPSA) is 38.3 Å². The molecule has 0 heterocycles. The molecule has 0 unspecified atom stereocenters. The van der Waals surface area contributed by atoms with E-state index in [0.29, 0.717) is 17.4 Å². The van der Waals surface area contributed by atoms with Gasteiger partial charge in [0.25, 0.3) is 5.91 Å². The molecular weight excluding hydrogens is 258 g/mol. The zero-order valence-corrected chi connectivity index (χ0v) is 10.0. The maximum Gasteiger partial charge on any atom is 0.254 e.